The number of halogens is 3. The number of rotatable bonds is 8. The van der Waals surface area contributed by atoms with E-state index in [4.69, 9.17) is 9.47 Å². The molecule has 0 atom stereocenters. The molecule has 166 valence electrons. The maximum atomic E-state index is 12.5. The lowest BCUT2D eigenvalue weighted by atomic mass is 10.1. The zero-order chi connectivity index (χ0) is 22.6. The maximum absolute atomic E-state index is 12.5. The molecule has 0 radical (unpaired) electrons. The molecule has 0 spiro atoms. The lowest BCUT2D eigenvalue weighted by Gasteiger charge is -2.24. The van der Waals surface area contributed by atoms with Crippen LogP contribution in [0.5, 0.6) is 5.88 Å². The fourth-order valence-corrected chi connectivity index (χ4v) is 3.00. The van der Waals surface area contributed by atoms with E-state index in [-0.39, 0.29) is 5.88 Å². The second kappa shape index (κ2) is 8.93. The number of amides is 1. The van der Waals surface area contributed by atoms with Crippen LogP contribution in [0.25, 0.3) is 10.9 Å². The van der Waals surface area contributed by atoms with Crippen molar-refractivity contribution in [2.45, 2.75) is 38.8 Å². The van der Waals surface area contributed by atoms with Crippen molar-refractivity contribution >= 4 is 16.8 Å². The van der Waals surface area contributed by atoms with Crippen molar-refractivity contribution < 1.29 is 27.4 Å². The lowest BCUT2D eigenvalue weighted by Crippen LogP contribution is -2.49. The van der Waals surface area contributed by atoms with Gasteiger partial charge in [0.2, 0.25) is 5.88 Å². The highest BCUT2D eigenvalue weighted by Crippen LogP contribution is 2.30. The Bertz CT molecular complexity index is 1050. The van der Waals surface area contributed by atoms with Crippen molar-refractivity contribution in [3.05, 3.63) is 53.9 Å². The second-order valence-electron chi connectivity index (χ2n) is 7.52. The van der Waals surface area contributed by atoms with Gasteiger partial charge in [-0.15, -0.1) is 5.10 Å². The van der Waals surface area contributed by atoms with Crippen LogP contribution in [0.4, 0.5) is 13.2 Å². The molecule has 7 nitrogen and oxygen atoms in total. The van der Waals surface area contributed by atoms with Gasteiger partial charge in [0.15, 0.2) is 5.60 Å². The van der Waals surface area contributed by atoms with Gasteiger partial charge < -0.3 is 14.8 Å². The Morgan fingerprint density at radius 3 is 2.61 bits per heavy atom. The first-order valence-corrected chi connectivity index (χ1v) is 9.50. The normalized spacial score (nSPS) is 12.2. The van der Waals surface area contributed by atoms with Gasteiger partial charge in [-0.05, 0) is 43.2 Å². The van der Waals surface area contributed by atoms with Crippen molar-refractivity contribution in [1.82, 2.24) is 20.1 Å². The second-order valence-corrected chi connectivity index (χ2v) is 7.52. The molecular formula is C21H23F3N4O3. The van der Waals surface area contributed by atoms with Crippen LogP contribution in [-0.2, 0) is 22.7 Å². The van der Waals surface area contributed by atoms with E-state index in [9.17, 15) is 18.0 Å². The highest BCUT2D eigenvalue weighted by Gasteiger charge is 2.35. The summed E-state index contributed by atoms with van der Waals surface area (Å²) in [6.07, 6.45) is -1.14. The lowest BCUT2D eigenvalue weighted by molar-refractivity contribution is -0.146. The van der Waals surface area contributed by atoms with E-state index in [1.165, 1.54) is 13.8 Å². The first-order chi connectivity index (χ1) is 14.6. The minimum atomic E-state index is -4.52. The summed E-state index contributed by atoms with van der Waals surface area (Å²) in [5.74, 6) is -0.753. The van der Waals surface area contributed by atoms with Gasteiger partial charge in [-0.1, -0.05) is 12.1 Å². The first-order valence-electron chi connectivity index (χ1n) is 9.50. The summed E-state index contributed by atoms with van der Waals surface area (Å²) in [5.41, 5.74) is 0.926. The topological polar surface area (TPSA) is 78.3 Å². The number of ether oxygens (including phenoxy) is 2. The summed E-state index contributed by atoms with van der Waals surface area (Å²) in [7, 11) is 1.57. The molecule has 2 heterocycles. The molecule has 2 aromatic heterocycles. The number of aromatic nitrogens is 3. The molecule has 0 unspecified atom stereocenters. The molecular weight excluding hydrogens is 413 g/mol. The number of hydrogen-bond donors (Lipinski definition) is 1. The molecule has 0 aliphatic heterocycles. The number of pyridine rings is 1. The quantitative estimate of drug-likeness (QED) is 0.585. The molecule has 0 saturated carbocycles. The summed E-state index contributed by atoms with van der Waals surface area (Å²) >= 11 is 0. The number of nitrogens with zero attached hydrogens (tertiary/aromatic N) is 3. The highest BCUT2D eigenvalue weighted by atomic mass is 19.4. The number of benzene rings is 1. The fourth-order valence-electron chi connectivity index (χ4n) is 3.00. The summed E-state index contributed by atoms with van der Waals surface area (Å²) in [4.78, 5) is 16.4. The molecule has 0 aliphatic rings. The third-order valence-corrected chi connectivity index (χ3v) is 4.50. The third-order valence-electron chi connectivity index (χ3n) is 4.50. The van der Waals surface area contributed by atoms with E-state index in [1.54, 1.807) is 24.2 Å². The zero-order valence-corrected chi connectivity index (χ0v) is 17.4. The van der Waals surface area contributed by atoms with Crippen LogP contribution in [0, 0.1) is 0 Å². The van der Waals surface area contributed by atoms with E-state index >= 15 is 0 Å². The molecule has 10 heteroatoms. The van der Waals surface area contributed by atoms with Gasteiger partial charge in [-0.25, -0.2) is 0 Å². The van der Waals surface area contributed by atoms with E-state index in [1.807, 2.05) is 35.6 Å². The zero-order valence-electron chi connectivity index (χ0n) is 17.4. The first kappa shape index (κ1) is 22.5. The van der Waals surface area contributed by atoms with Gasteiger partial charge in [-0.2, -0.15) is 13.2 Å². The van der Waals surface area contributed by atoms with Crippen molar-refractivity contribution in [3.63, 3.8) is 0 Å². The molecule has 0 saturated heterocycles. The van der Waals surface area contributed by atoms with Crippen LogP contribution in [-0.4, -0.2) is 46.1 Å². The number of methoxy groups -OCH3 is 1. The van der Waals surface area contributed by atoms with Crippen LogP contribution in [0.1, 0.15) is 25.0 Å². The molecule has 3 aromatic rings. The van der Waals surface area contributed by atoms with Gasteiger partial charge in [0.05, 0.1) is 24.1 Å². The van der Waals surface area contributed by atoms with Crippen molar-refractivity contribution in [3.8, 4) is 5.88 Å². The van der Waals surface area contributed by atoms with Crippen LogP contribution < -0.4 is 10.1 Å². The molecule has 0 aliphatic carbocycles. The minimum absolute atomic E-state index is 0.143. The molecule has 0 fully saturated rings. The third kappa shape index (κ3) is 5.72. The molecule has 1 aromatic carbocycles. The predicted octanol–water partition coefficient (Wildman–Crippen LogP) is 3.46. The molecule has 1 N–H and O–H groups in total. The monoisotopic (exact) mass is 436 g/mol. The van der Waals surface area contributed by atoms with Crippen molar-refractivity contribution in [1.29, 1.82) is 0 Å². The van der Waals surface area contributed by atoms with Crippen LogP contribution in [0.3, 0.4) is 0 Å². The number of carbonyl (C=O) groups excluding carboxylic acids is 1. The summed E-state index contributed by atoms with van der Waals surface area (Å²) in [5, 5.41) is 6.96. The van der Waals surface area contributed by atoms with Gasteiger partial charge in [0.1, 0.15) is 6.54 Å². The largest absolute Gasteiger partial charge is 0.460 e. The Kier molecular flexibility index (Phi) is 6.49. The van der Waals surface area contributed by atoms with E-state index in [0.29, 0.717) is 18.5 Å². The Labute approximate surface area is 177 Å². The maximum Gasteiger partial charge on any atom is 0.405 e. The van der Waals surface area contributed by atoms with Crippen molar-refractivity contribution in [2.75, 3.05) is 13.7 Å². The van der Waals surface area contributed by atoms with Crippen LogP contribution >= 0.6 is 0 Å². The van der Waals surface area contributed by atoms with Crippen molar-refractivity contribution in [2.24, 2.45) is 0 Å². The smallest absolute Gasteiger partial charge is 0.405 e. The average molecular weight is 436 g/mol. The van der Waals surface area contributed by atoms with E-state index < -0.39 is 24.2 Å². The Morgan fingerprint density at radius 1 is 1.19 bits per heavy atom. The van der Waals surface area contributed by atoms with E-state index in [2.05, 4.69) is 10.1 Å². The highest BCUT2D eigenvalue weighted by molar-refractivity contribution is 5.88. The SMILES string of the molecule is COCc1ccc2c(c1)c(OC(C)(C)C(=O)NCC(F)(F)F)nn2Cc1cccnc1. The molecule has 0 bridgehead atoms. The summed E-state index contributed by atoms with van der Waals surface area (Å²) < 4.78 is 50.1. The standard InChI is InChI=1S/C21H23F3N4O3/c1-20(2,19(29)26-13-21(22,23)24)31-18-16-9-14(12-30-3)6-7-17(16)28(27-18)11-15-5-4-8-25-10-15/h4-10H,11-13H2,1-3H3,(H,26,29). The van der Waals surface area contributed by atoms with Gasteiger partial charge >= 0.3 is 6.18 Å². The molecule has 1 amide bonds. The van der Waals surface area contributed by atoms with Gasteiger partial charge in [0.25, 0.3) is 5.91 Å². The fraction of sp³-hybridized carbons (Fsp3) is 0.381. The number of alkyl halides is 3. The summed E-state index contributed by atoms with van der Waals surface area (Å²) in [6.45, 7) is 2.11. The van der Waals surface area contributed by atoms with Gasteiger partial charge in [0, 0.05) is 19.5 Å². The Balaban J connectivity index is 1.94. The Morgan fingerprint density at radius 2 is 1.97 bits per heavy atom. The average Bonchev–Trinajstić information content (AvgIpc) is 3.02. The number of carbonyl (C=O) groups is 1. The molecule has 31 heavy (non-hydrogen) atoms. The number of nitrogens with one attached hydrogen (secondary N) is 1. The minimum Gasteiger partial charge on any atom is -0.460 e. The van der Waals surface area contributed by atoms with E-state index in [0.717, 1.165) is 16.6 Å². The predicted molar refractivity (Wildman–Crippen MR) is 108 cm³/mol. The van der Waals surface area contributed by atoms with Crippen LogP contribution in [0.15, 0.2) is 42.7 Å². The Hall–Kier alpha value is -3.14. The number of hydrogen-bond acceptors (Lipinski definition) is 5. The van der Waals surface area contributed by atoms with Gasteiger partial charge in [-0.3, -0.25) is 14.5 Å². The van der Waals surface area contributed by atoms with Crippen LogP contribution in [0.2, 0.25) is 0 Å². The molecule has 3 rings (SSSR count). The summed E-state index contributed by atoms with van der Waals surface area (Å²) in [6, 6.07) is 9.28. The number of fused-ring (bicyclic) bond motifs is 1.